The summed E-state index contributed by atoms with van der Waals surface area (Å²) in [5, 5.41) is 5.94. The molecule has 2 aromatic carbocycles. The number of anilines is 2. The second-order valence-electron chi connectivity index (χ2n) is 7.34. The third kappa shape index (κ3) is 8.59. The molecule has 7 nitrogen and oxygen atoms in total. The summed E-state index contributed by atoms with van der Waals surface area (Å²) in [6, 6.07) is 14.5. The smallest absolute Gasteiger partial charge is 0.253 e. The molecule has 2 amide bonds. The first-order valence-corrected chi connectivity index (χ1v) is 11.3. The van der Waals surface area contributed by atoms with E-state index in [2.05, 4.69) is 24.5 Å². The van der Waals surface area contributed by atoms with Gasteiger partial charge in [-0.15, -0.1) is 0 Å². The second kappa shape index (κ2) is 14.1. The van der Waals surface area contributed by atoms with Crippen molar-refractivity contribution < 1.29 is 19.1 Å². The lowest BCUT2D eigenvalue weighted by Gasteiger charge is -2.21. The van der Waals surface area contributed by atoms with Gasteiger partial charge in [-0.05, 0) is 56.2 Å². The van der Waals surface area contributed by atoms with Gasteiger partial charge in [0.1, 0.15) is 12.4 Å². The summed E-state index contributed by atoms with van der Waals surface area (Å²) in [7, 11) is 0. The third-order valence-corrected chi connectivity index (χ3v) is 4.68. The van der Waals surface area contributed by atoms with Crippen LogP contribution in [0.5, 0.6) is 5.75 Å². The van der Waals surface area contributed by atoms with E-state index in [0.29, 0.717) is 31.1 Å². The molecule has 7 heteroatoms. The number of nitrogens with zero attached hydrogens (tertiary/aromatic N) is 1. The minimum atomic E-state index is -0.176. The molecule has 0 saturated heterocycles. The summed E-state index contributed by atoms with van der Waals surface area (Å²) < 4.78 is 10.9. The fraction of sp³-hybridized carbons (Fsp3) is 0.440. The van der Waals surface area contributed by atoms with Crippen molar-refractivity contribution in [3.05, 3.63) is 54.1 Å². The Bertz CT molecular complexity index is 833. The molecule has 0 fully saturated rings. The van der Waals surface area contributed by atoms with Crippen molar-refractivity contribution in [1.82, 2.24) is 4.90 Å². The van der Waals surface area contributed by atoms with Crippen LogP contribution < -0.4 is 15.4 Å². The van der Waals surface area contributed by atoms with E-state index < -0.39 is 0 Å². The highest BCUT2D eigenvalue weighted by Gasteiger charge is 2.14. The van der Waals surface area contributed by atoms with Gasteiger partial charge < -0.3 is 25.0 Å². The number of rotatable bonds is 14. The SMILES string of the molecule is CCCN(CCC)C(=O)c1ccc(NC(=O)CNc2cccc(OCCOCC)c2)cc1. The summed E-state index contributed by atoms with van der Waals surface area (Å²) in [6.45, 7) is 9.35. The van der Waals surface area contributed by atoms with E-state index in [0.717, 1.165) is 37.4 Å². The number of amides is 2. The van der Waals surface area contributed by atoms with Crippen molar-refractivity contribution in [3.8, 4) is 5.75 Å². The van der Waals surface area contributed by atoms with Crippen LogP contribution in [-0.2, 0) is 9.53 Å². The quantitative estimate of drug-likeness (QED) is 0.425. The maximum absolute atomic E-state index is 12.7. The minimum Gasteiger partial charge on any atom is -0.491 e. The molecule has 0 aliphatic heterocycles. The van der Waals surface area contributed by atoms with Gasteiger partial charge >= 0.3 is 0 Å². The third-order valence-electron chi connectivity index (χ3n) is 4.68. The van der Waals surface area contributed by atoms with Crippen LogP contribution in [0.25, 0.3) is 0 Å². The van der Waals surface area contributed by atoms with Gasteiger partial charge in [0.2, 0.25) is 5.91 Å². The van der Waals surface area contributed by atoms with Gasteiger partial charge in [0.05, 0.1) is 13.2 Å². The maximum Gasteiger partial charge on any atom is 0.253 e. The van der Waals surface area contributed by atoms with E-state index in [9.17, 15) is 9.59 Å². The van der Waals surface area contributed by atoms with Gasteiger partial charge in [-0.1, -0.05) is 19.9 Å². The highest BCUT2D eigenvalue weighted by atomic mass is 16.5. The molecule has 0 aromatic heterocycles. The van der Waals surface area contributed by atoms with E-state index in [1.54, 1.807) is 24.3 Å². The van der Waals surface area contributed by atoms with E-state index in [4.69, 9.17) is 9.47 Å². The van der Waals surface area contributed by atoms with Crippen LogP contribution in [0.1, 0.15) is 44.0 Å². The van der Waals surface area contributed by atoms with E-state index >= 15 is 0 Å². The topological polar surface area (TPSA) is 79.9 Å². The molecule has 0 unspecified atom stereocenters. The number of carbonyl (C=O) groups is 2. The van der Waals surface area contributed by atoms with Crippen LogP contribution in [0, 0.1) is 0 Å². The zero-order valence-corrected chi connectivity index (χ0v) is 19.4. The molecule has 0 bridgehead atoms. The van der Waals surface area contributed by atoms with Crippen LogP contribution in [0.2, 0.25) is 0 Å². The summed E-state index contributed by atoms with van der Waals surface area (Å²) in [6.07, 6.45) is 1.85. The first-order chi connectivity index (χ1) is 15.6. The highest BCUT2D eigenvalue weighted by molar-refractivity contribution is 5.96. The minimum absolute atomic E-state index is 0.0246. The first-order valence-electron chi connectivity index (χ1n) is 11.3. The van der Waals surface area contributed by atoms with Crippen LogP contribution >= 0.6 is 0 Å². The number of carbonyl (C=O) groups excluding carboxylic acids is 2. The Hall–Kier alpha value is -3.06. The molecule has 0 atom stereocenters. The highest BCUT2D eigenvalue weighted by Crippen LogP contribution is 2.17. The zero-order valence-electron chi connectivity index (χ0n) is 19.4. The molecule has 0 radical (unpaired) electrons. The second-order valence-corrected chi connectivity index (χ2v) is 7.34. The Labute approximate surface area is 191 Å². The molecule has 32 heavy (non-hydrogen) atoms. The molecule has 0 heterocycles. The van der Waals surface area contributed by atoms with Crippen molar-refractivity contribution >= 4 is 23.2 Å². The van der Waals surface area contributed by atoms with Crippen LogP contribution in [0.3, 0.4) is 0 Å². The summed E-state index contributed by atoms with van der Waals surface area (Å²) >= 11 is 0. The number of nitrogens with one attached hydrogen (secondary N) is 2. The molecule has 2 rings (SSSR count). The molecule has 0 aliphatic rings. The Morgan fingerprint density at radius 2 is 1.62 bits per heavy atom. The lowest BCUT2D eigenvalue weighted by atomic mass is 10.1. The molecule has 174 valence electrons. The molecular formula is C25H35N3O4. The summed E-state index contributed by atoms with van der Waals surface area (Å²) in [5.74, 6) is 0.567. The van der Waals surface area contributed by atoms with Crippen LogP contribution in [0.15, 0.2) is 48.5 Å². The van der Waals surface area contributed by atoms with Crippen molar-refractivity contribution in [2.75, 3.05) is 50.1 Å². The number of hydrogen-bond acceptors (Lipinski definition) is 5. The average molecular weight is 442 g/mol. The Balaban J connectivity index is 1.84. The fourth-order valence-corrected chi connectivity index (χ4v) is 3.18. The van der Waals surface area contributed by atoms with Gasteiger partial charge in [0.25, 0.3) is 5.91 Å². The Morgan fingerprint density at radius 1 is 0.906 bits per heavy atom. The van der Waals surface area contributed by atoms with Crippen LogP contribution in [0.4, 0.5) is 11.4 Å². The van der Waals surface area contributed by atoms with Crippen molar-refractivity contribution in [2.45, 2.75) is 33.6 Å². The van der Waals surface area contributed by atoms with E-state index in [1.807, 2.05) is 36.1 Å². The van der Waals surface area contributed by atoms with Crippen LogP contribution in [-0.4, -0.2) is 56.2 Å². The van der Waals surface area contributed by atoms with Crippen molar-refractivity contribution in [2.24, 2.45) is 0 Å². The van der Waals surface area contributed by atoms with Gasteiger partial charge in [-0.2, -0.15) is 0 Å². The predicted octanol–water partition coefficient (Wildman–Crippen LogP) is 4.41. The molecular weight excluding hydrogens is 406 g/mol. The van der Waals surface area contributed by atoms with E-state index in [1.165, 1.54) is 0 Å². The largest absolute Gasteiger partial charge is 0.491 e. The number of hydrogen-bond donors (Lipinski definition) is 2. The first kappa shape index (κ1) is 25.2. The van der Waals surface area contributed by atoms with E-state index in [-0.39, 0.29) is 18.4 Å². The molecule has 0 spiro atoms. The average Bonchev–Trinajstić information content (AvgIpc) is 2.81. The fourth-order valence-electron chi connectivity index (χ4n) is 3.18. The maximum atomic E-state index is 12.7. The van der Waals surface area contributed by atoms with Crippen molar-refractivity contribution in [3.63, 3.8) is 0 Å². The summed E-state index contributed by atoms with van der Waals surface area (Å²) in [4.78, 5) is 26.8. The normalized spacial score (nSPS) is 10.5. The van der Waals surface area contributed by atoms with Gasteiger partial charge in [0, 0.05) is 42.7 Å². The Morgan fingerprint density at radius 3 is 2.28 bits per heavy atom. The van der Waals surface area contributed by atoms with Crippen molar-refractivity contribution in [1.29, 1.82) is 0 Å². The summed E-state index contributed by atoms with van der Waals surface area (Å²) in [5.41, 5.74) is 2.07. The standard InChI is InChI=1S/C25H35N3O4/c1-4-14-28(15-5-2)25(30)20-10-12-21(13-11-20)27-24(29)19-26-22-8-7-9-23(18-22)32-17-16-31-6-3/h7-13,18,26H,4-6,14-17,19H2,1-3H3,(H,27,29). The predicted molar refractivity (Wildman–Crippen MR) is 128 cm³/mol. The van der Waals surface area contributed by atoms with Gasteiger partial charge in [-0.25, -0.2) is 0 Å². The molecule has 2 aromatic rings. The monoisotopic (exact) mass is 441 g/mol. The molecule has 0 aliphatic carbocycles. The van der Waals surface area contributed by atoms with Gasteiger partial charge in [-0.3, -0.25) is 9.59 Å². The number of benzene rings is 2. The lowest BCUT2D eigenvalue weighted by Crippen LogP contribution is -2.32. The molecule has 2 N–H and O–H groups in total. The zero-order chi connectivity index (χ0) is 23.2. The number of ether oxygens (including phenoxy) is 2. The Kier molecular flexibility index (Phi) is 11.1. The van der Waals surface area contributed by atoms with Gasteiger partial charge in [0.15, 0.2) is 0 Å². The lowest BCUT2D eigenvalue weighted by molar-refractivity contribution is -0.114. The molecule has 0 saturated carbocycles.